The van der Waals surface area contributed by atoms with Crippen molar-refractivity contribution in [3.63, 3.8) is 0 Å². The molecule has 0 spiro atoms. The summed E-state index contributed by atoms with van der Waals surface area (Å²) in [5, 5.41) is 4.25. The highest BCUT2D eigenvalue weighted by atomic mass is 35.5. The smallest absolute Gasteiger partial charge is 0.354 e. The zero-order valence-electron chi connectivity index (χ0n) is 10.0. The Morgan fingerprint density at radius 1 is 1.20 bits per heavy atom. The lowest BCUT2D eigenvalue weighted by molar-refractivity contribution is -0.165. The maximum atomic E-state index is 11.1. The van der Waals surface area contributed by atoms with Crippen molar-refractivity contribution >= 4 is 41.4 Å². The third kappa shape index (κ3) is 5.54. The third-order valence-corrected chi connectivity index (χ3v) is 2.53. The zero-order chi connectivity index (χ0) is 15.0. The van der Waals surface area contributed by atoms with Gasteiger partial charge in [-0.3, -0.25) is 4.84 Å². The minimum Gasteiger partial charge on any atom is -0.389 e. The highest BCUT2D eigenvalue weighted by Crippen LogP contribution is 2.22. The Balaban J connectivity index is 2.42. The summed E-state index contributed by atoms with van der Waals surface area (Å²) >= 11 is 11.8. The van der Waals surface area contributed by atoms with Gasteiger partial charge in [-0.05, 0) is 12.1 Å². The minimum absolute atomic E-state index is 0.377. The second-order valence-corrected chi connectivity index (χ2v) is 4.11. The number of nitrogens with two attached hydrogens (primary N) is 1. The molecule has 0 saturated carbocycles. The second kappa shape index (κ2) is 8.49. The number of ether oxygens (including phenoxy) is 1. The third-order valence-electron chi connectivity index (χ3n) is 1.87. The number of rotatable bonds is 6. The van der Waals surface area contributed by atoms with E-state index in [2.05, 4.69) is 25.5 Å². The summed E-state index contributed by atoms with van der Waals surface area (Å²) < 4.78 is 4.26. The molecule has 0 aliphatic rings. The van der Waals surface area contributed by atoms with Crippen LogP contribution >= 0.6 is 23.2 Å². The van der Waals surface area contributed by atoms with Crippen LogP contribution in [0.5, 0.6) is 0 Å². The number of carbonyl (C=O) groups excluding carboxylic acids is 2. The van der Waals surface area contributed by atoms with Gasteiger partial charge in [-0.2, -0.15) is 0 Å². The summed E-state index contributed by atoms with van der Waals surface area (Å²) in [7, 11) is 0. The largest absolute Gasteiger partial charge is 0.389 e. The zero-order valence-corrected chi connectivity index (χ0v) is 11.6. The van der Waals surface area contributed by atoms with Gasteiger partial charge in [0.05, 0.1) is 16.3 Å². The maximum Gasteiger partial charge on any atom is 0.354 e. The predicted octanol–water partition coefficient (Wildman–Crippen LogP) is 1.30. The van der Waals surface area contributed by atoms with Crippen LogP contribution in [0.3, 0.4) is 0 Å². The first kappa shape index (κ1) is 16.4. The molecule has 0 aliphatic heterocycles. The maximum absolute atomic E-state index is 11.1. The van der Waals surface area contributed by atoms with E-state index in [0.717, 1.165) is 0 Å². The Kier molecular flexibility index (Phi) is 6.96. The van der Waals surface area contributed by atoms with Gasteiger partial charge in [-0.1, -0.05) is 34.4 Å². The normalized spacial score (nSPS) is 10.6. The molecule has 2 N–H and O–H groups in total. The van der Waals surface area contributed by atoms with Gasteiger partial charge in [-0.15, -0.1) is 0 Å². The van der Waals surface area contributed by atoms with E-state index in [1.165, 1.54) is 6.21 Å². The molecular weight excluding hydrogens is 311 g/mol. The van der Waals surface area contributed by atoms with E-state index in [4.69, 9.17) is 23.2 Å². The average molecular weight is 321 g/mol. The van der Waals surface area contributed by atoms with Crippen LogP contribution in [0, 0.1) is 0 Å². The van der Waals surface area contributed by atoms with Crippen molar-refractivity contribution in [2.24, 2.45) is 11.1 Å². The molecule has 0 unspecified atom stereocenters. The van der Waals surface area contributed by atoms with Gasteiger partial charge in [0.25, 0.3) is 0 Å². The molecule has 7 nitrogen and oxygen atoms in total. The van der Waals surface area contributed by atoms with Gasteiger partial charge in [0.2, 0.25) is 6.61 Å². The number of halogens is 2. The molecule has 20 heavy (non-hydrogen) atoms. The van der Waals surface area contributed by atoms with Crippen molar-refractivity contribution < 1.29 is 24.0 Å². The monoisotopic (exact) mass is 320 g/mol. The van der Waals surface area contributed by atoms with Crippen LogP contribution in [-0.2, 0) is 24.0 Å². The van der Waals surface area contributed by atoms with Crippen LogP contribution in [-0.4, -0.2) is 31.4 Å². The van der Waals surface area contributed by atoms with E-state index >= 15 is 0 Å². The molecule has 0 amide bonds. The molecule has 0 atom stereocenters. The van der Waals surface area contributed by atoms with Gasteiger partial charge in [-0.25, -0.2) is 15.5 Å². The lowest BCUT2D eigenvalue weighted by Crippen LogP contribution is -2.21. The standard InChI is InChI=1S/C11H10Cl2N2O5/c12-8-2-1-3-9(13)7(8)4-15-19-6-11(17)20-10(16)5-18-14/h1-4H,5-6,14H2. The number of hydrogen-bond acceptors (Lipinski definition) is 7. The molecule has 108 valence electrons. The molecule has 1 aromatic rings. The van der Waals surface area contributed by atoms with E-state index in [-0.39, 0.29) is 0 Å². The molecule has 0 saturated heterocycles. The van der Waals surface area contributed by atoms with Crippen molar-refractivity contribution in [2.45, 2.75) is 0 Å². The first-order chi connectivity index (χ1) is 9.54. The molecule has 0 radical (unpaired) electrons. The van der Waals surface area contributed by atoms with Gasteiger partial charge < -0.3 is 9.57 Å². The van der Waals surface area contributed by atoms with Crippen molar-refractivity contribution in [2.75, 3.05) is 13.2 Å². The molecule has 0 heterocycles. The fourth-order valence-corrected chi connectivity index (χ4v) is 1.56. The summed E-state index contributed by atoms with van der Waals surface area (Å²) in [5.74, 6) is 2.76. The lowest BCUT2D eigenvalue weighted by atomic mass is 10.2. The van der Waals surface area contributed by atoms with Crippen LogP contribution in [0.15, 0.2) is 23.4 Å². The van der Waals surface area contributed by atoms with Crippen molar-refractivity contribution in [1.29, 1.82) is 0 Å². The Bertz CT molecular complexity index is 501. The molecule has 0 fully saturated rings. The Labute approximate surface area is 124 Å². The number of hydrogen-bond donors (Lipinski definition) is 1. The molecule has 0 aliphatic carbocycles. The summed E-state index contributed by atoms with van der Waals surface area (Å²) in [4.78, 5) is 30.5. The molecule has 1 aromatic carbocycles. The van der Waals surface area contributed by atoms with E-state index in [9.17, 15) is 9.59 Å². The van der Waals surface area contributed by atoms with Gasteiger partial charge in [0.1, 0.15) is 0 Å². The fraction of sp³-hybridized carbons (Fsp3) is 0.182. The quantitative estimate of drug-likeness (QED) is 0.367. The Hall–Kier alpha value is -1.67. The van der Waals surface area contributed by atoms with Crippen molar-refractivity contribution in [1.82, 2.24) is 0 Å². The highest BCUT2D eigenvalue weighted by molar-refractivity contribution is 6.38. The Morgan fingerprint density at radius 3 is 2.40 bits per heavy atom. The number of carbonyl (C=O) groups is 2. The van der Waals surface area contributed by atoms with E-state index in [1.54, 1.807) is 18.2 Å². The highest BCUT2D eigenvalue weighted by Gasteiger charge is 2.10. The fourth-order valence-electron chi connectivity index (χ4n) is 1.07. The van der Waals surface area contributed by atoms with Gasteiger partial charge in [0.15, 0.2) is 6.61 Å². The molecule has 9 heteroatoms. The molecule has 0 bridgehead atoms. The minimum atomic E-state index is -0.936. The number of esters is 2. The summed E-state index contributed by atoms with van der Waals surface area (Å²) in [6, 6.07) is 4.91. The summed E-state index contributed by atoms with van der Waals surface area (Å²) in [6.07, 6.45) is 1.24. The predicted molar refractivity (Wildman–Crippen MR) is 71.2 cm³/mol. The Morgan fingerprint density at radius 2 is 1.80 bits per heavy atom. The lowest BCUT2D eigenvalue weighted by Gasteiger charge is -2.02. The van der Waals surface area contributed by atoms with E-state index in [1.807, 2.05) is 0 Å². The van der Waals surface area contributed by atoms with Crippen LogP contribution in [0.2, 0.25) is 10.0 Å². The number of oxime groups is 1. The molecule has 0 aromatic heterocycles. The summed E-state index contributed by atoms with van der Waals surface area (Å²) in [6.45, 7) is -1.10. The van der Waals surface area contributed by atoms with Crippen LogP contribution in [0.25, 0.3) is 0 Å². The van der Waals surface area contributed by atoms with E-state index in [0.29, 0.717) is 15.6 Å². The van der Waals surface area contributed by atoms with Gasteiger partial charge in [0, 0.05) is 5.56 Å². The first-order valence-corrected chi connectivity index (χ1v) is 5.94. The number of nitrogens with zero attached hydrogens (tertiary/aromatic N) is 1. The molecule has 1 rings (SSSR count). The molecular formula is C11H10Cl2N2O5. The second-order valence-electron chi connectivity index (χ2n) is 3.30. The van der Waals surface area contributed by atoms with Crippen molar-refractivity contribution in [3.05, 3.63) is 33.8 Å². The summed E-state index contributed by atoms with van der Waals surface area (Å²) in [5.41, 5.74) is 0.441. The van der Waals surface area contributed by atoms with Crippen LogP contribution < -0.4 is 5.90 Å². The average Bonchev–Trinajstić information content (AvgIpc) is 2.37. The van der Waals surface area contributed by atoms with Crippen LogP contribution in [0.1, 0.15) is 5.56 Å². The van der Waals surface area contributed by atoms with Crippen LogP contribution in [0.4, 0.5) is 0 Å². The number of benzene rings is 1. The SMILES string of the molecule is NOCC(=O)OC(=O)CON=Cc1c(Cl)cccc1Cl. The topological polar surface area (TPSA) is 100 Å². The van der Waals surface area contributed by atoms with Crippen molar-refractivity contribution in [3.8, 4) is 0 Å². The first-order valence-electron chi connectivity index (χ1n) is 5.19. The van der Waals surface area contributed by atoms with E-state index < -0.39 is 25.2 Å². The van der Waals surface area contributed by atoms with Gasteiger partial charge >= 0.3 is 11.9 Å².